The van der Waals surface area contributed by atoms with E-state index in [2.05, 4.69) is 10.3 Å². The second-order valence-electron chi connectivity index (χ2n) is 4.86. The van der Waals surface area contributed by atoms with Gasteiger partial charge in [-0.15, -0.1) is 0 Å². The Morgan fingerprint density at radius 2 is 2.00 bits per heavy atom. The zero-order valence-corrected chi connectivity index (χ0v) is 12.5. The zero-order valence-electron chi connectivity index (χ0n) is 11.7. The SMILES string of the molecule is CC(C)C(O)CNc1ccc(S(=O)(=O)N(C)C)cn1. The van der Waals surface area contributed by atoms with Crippen LogP contribution in [0, 0.1) is 5.92 Å². The summed E-state index contributed by atoms with van der Waals surface area (Å²) in [7, 11) is -0.499. The molecule has 0 aliphatic rings. The molecule has 0 saturated carbocycles. The Kier molecular flexibility index (Phi) is 5.28. The van der Waals surface area contributed by atoms with E-state index in [1.54, 1.807) is 6.07 Å². The number of hydrogen-bond donors (Lipinski definition) is 2. The minimum atomic E-state index is -3.44. The fourth-order valence-electron chi connectivity index (χ4n) is 1.29. The van der Waals surface area contributed by atoms with Gasteiger partial charge in [0, 0.05) is 26.8 Å². The van der Waals surface area contributed by atoms with Crippen molar-refractivity contribution in [1.29, 1.82) is 0 Å². The number of hydrogen-bond acceptors (Lipinski definition) is 5. The molecular formula is C12H21N3O3S. The van der Waals surface area contributed by atoms with Gasteiger partial charge in [-0.25, -0.2) is 17.7 Å². The van der Waals surface area contributed by atoms with Crippen molar-refractivity contribution in [1.82, 2.24) is 9.29 Å². The Hall–Kier alpha value is -1.18. The number of sulfonamides is 1. The summed E-state index contributed by atoms with van der Waals surface area (Å²) in [6.45, 7) is 4.23. The van der Waals surface area contributed by atoms with E-state index < -0.39 is 16.1 Å². The maximum absolute atomic E-state index is 11.8. The Balaban J connectivity index is 2.73. The second-order valence-corrected chi connectivity index (χ2v) is 7.01. The third kappa shape index (κ3) is 4.15. The summed E-state index contributed by atoms with van der Waals surface area (Å²) < 4.78 is 24.8. The summed E-state index contributed by atoms with van der Waals surface area (Å²) in [5.41, 5.74) is 0. The predicted molar refractivity (Wildman–Crippen MR) is 74.4 cm³/mol. The average molecular weight is 287 g/mol. The molecule has 19 heavy (non-hydrogen) atoms. The van der Waals surface area contributed by atoms with Crippen molar-refractivity contribution in [2.75, 3.05) is 26.0 Å². The van der Waals surface area contributed by atoms with Gasteiger partial charge in [-0.3, -0.25) is 0 Å². The van der Waals surface area contributed by atoms with Crippen LogP contribution in [0.15, 0.2) is 23.2 Å². The summed E-state index contributed by atoms with van der Waals surface area (Å²) in [5, 5.41) is 12.6. The third-order valence-corrected chi connectivity index (χ3v) is 4.58. The molecule has 108 valence electrons. The van der Waals surface area contributed by atoms with E-state index in [1.165, 1.54) is 26.4 Å². The van der Waals surface area contributed by atoms with Crippen LogP contribution >= 0.6 is 0 Å². The van der Waals surface area contributed by atoms with Crippen LogP contribution in [-0.2, 0) is 10.0 Å². The van der Waals surface area contributed by atoms with Gasteiger partial charge >= 0.3 is 0 Å². The lowest BCUT2D eigenvalue weighted by atomic mass is 10.1. The molecule has 1 heterocycles. The first-order valence-corrected chi connectivity index (χ1v) is 7.49. The monoisotopic (exact) mass is 287 g/mol. The van der Waals surface area contributed by atoms with Gasteiger partial charge in [0.1, 0.15) is 10.7 Å². The molecule has 0 aromatic carbocycles. The predicted octanol–water partition coefficient (Wildman–Crippen LogP) is 0.761. The highest BCUT2D eigenvalue weighted by atomic mass is 32.2. The molecule has 6 nitrogen and oxygen atoms in total. The number of pyridine rings is 1. The van der Waals surface area contributed by atoms with E-state index >= 15 is 0 Å². The lowest BCUT2D eigenvalue weighted by Gasteiger charge is -2.16. The van der Waals surface area contributed by atoms with E-state index in [9.17, 15) is 13.5 Å². The molecule has 7 heteroatoms. The molecule has 1 unspecified atom stereocenters. The van der Waals surface area contributed by atoms with Crippen LogP contribution in [-0.4, -0.2) is 49.6 Å². The molecule has 0 bridgehead atoms. The lowest BCUT2D eigenvalue weighted by Crippen LogP contribution is -2.25. The summed E-state index contributed by atoms with van der Waals surface area (Å²) in [5.74, 6) is 0.693. The largest absolute Gasteiger partial charge is 0.391 e. The molecule has 0 radical (unpaired) electrons. The van der Waals surface area contributed by atoms with Crippen molar-refractivity contribution >= 4 is 15.8 Å². The summed E-state index contributed by atoms with van der Waals surface area (Å²) in [4.78, 5) is 4.18. The van der Waals surface area contributed by atoms with Gasteiger partial charge in [0.05, 0.1) is 6.10 Å². The topological polar surface area (TPSA) is 82.5 Å². The maximum atomic E-state index is 11.8. The summed E-state index contributed by atoms with van der Waals surface area (Å²) in [6.07, 6.45) is 0.839. The van der Waals surface area contributed by atoms with E-state index in [4.69, 9.17) is 0 Å². The van der Waals surface area contributed by atoms with Crippen molar-refractivity contribution < 1.29 is 13.5 Å². The van der Waals surface area contributed by atoms with Crippen LogP contribution in [0.5, 0.6) is 0 Å². The molecule has 1 rings (SSSR count). The van der Waals surface area contributed by atoms with Crippen molar-refractivity contribution in [2.45, 2.75) is 24.8 Å². The molecule has 0 saturated heterocycles. The molecule has 0 amide bonds. The van der Waals surface area contributed by atoms with Gasteiger partial charge in [-0.05, 0) is 18.1 Å². The van der Waals surface area contributed by atoms with E-state index in [-0.39, 0.29) is 10.8 Å². The van der Waals surface area contributed by atoms with Gasteiger partial charge in [-0.1, -0.05) is 13.8 Å². The number of anilines is 1. The highest BCUT2D eigenvalue weighted by molar-refractivity contribution is 7.89. The van der Waals surface area contributed by atoms with Crippen molar-refractivity contribution in [3.63, 3.8) is 0 Å². The molecule has 1 aromatic heterocycles. The van der Waals surface area contributed by atoms with Gasteiger partial charge in [0.15, 0.2) is 0 Å². The van der Waals surface area contributed by atoms with Crippen molar-refractivity contribution in [3.8, 4) is 0 Å². The van der Waals surface area contributed by atoms with Gasteiger partial charge in [0.2, 0.25) is 10.0 Å². The van der Waals surface area contributed by atoms with Crippen molar-refractivity contribution in [3.05, 3.63) is 18.3 Å². The molecule has 1 atom stereocenters. The first-order valence-electron chi connectivity index (χ1n) is 6.05. The van der Waals surface area contributed by atoms with E-state index in [0.29, 0.717) is 12.4 Å². The minimum Gasteiger partial charge on any atom is -0.391 e. The Labute approximate surface area is 114 Å². The minimum absolute atomic E-state index is 0.146. The van der Waals surface area contributed by atoms with E-state index in [0.717, 1.165) is 4.31 Å². The van der Waals surface area contributed by atoms with Crippen LogP contribution in [0.3, 0.4) is 0 Å². The number of aromatic nitrogens is 1. The highest BCUT2D eigenvalue weighted by Gasteiger charge is 2.17. The van der Waals surface area contributed by atoms with Crippen LogP contribution in [0.4, 0.5) is 5.82 Å². The Morgan fingerprint density at radius 3 is 2.42 bits per heavy atom. The fraction of sp³-hybridized carbons (Fsp3) is 0.583. The third-order valence-electron chi connectivity index (χ3n) is 2.78. The standard InChI is InChI=1S/C12H21N3O3S/c1-9(2)11(16)8-14-12-6-5-10(7-13-12)19(17,18)15(3)4/h5-7,9,11,16H,8H2,1-4H3,(H,13,14). The van der Waals surface area contributed by atoms with Crippen LogP contribution in [0.2, 0.25) is 0 Å². The second kappa shape index (κ2) is 6.31. The summed E-state index contributed by atoms with van der Waals surface area (Å²) >= 11 is 0. The lowest BCUT2D eigenvalue weighted by molar-refractivity contribution is 0.138. The van der Waals surface area contributed by atoms with Gasteiger partial charge in [-0.2, -0.15) is 0 Å². The zero-order chi connectivity index (χ0) is 14.6. The molecule has 0 fully saturated rings. The van der Waals surface area contributed by atoms with Crippen LogP contribution in [0.25, 0.3) is 0 Å². The van der Waals surface area contributed by atoms with Crippen LogP contribution < -0.4 is 5.32 Å². The Bertz CT molecular complexity index is 497. The molecule has 0 spiro atoms. The molecular weight excluding hydrogens is 266 g/mol. The molecule has 2 N–H and O–H groups in total. The smallest absolute Gasteiger partial charge is 0.244 e. The first kappa shape index (κ1) is 15.9. The van der Waals surface area contributed by atoms with Crippen molar-refractivity contribution in [2.24, 2.45) is 5.92 Å². The van der Waals surface area contributed by atoms with E-state index in [1.807, 2.05) is 13.8 Å². The first-order chi connectivity index (χ1) is 8.75. The quantitative estimate of drug-likeness (QED) is 0.807. The number of aliphatic hydroxyl groups is 1. The highest BCUT2D eigenvalue weighted by Crippen LogP contribution is 2.14. The molecule has 0 aliphatic carbocycles. The number of nitrogens with one attached hydrogen (secondary N) is 1. The Morgan fingerprint density at radius 1 is 1.37 bits per heavy atom. The number of rotatable bonds is 6. The summed E-state index contributed by atoms with van der Waals surface area (Å²) in [6, 6.07) is 3.08. The number of aliphatic hydroxyl groups excluding tert-OH is 1. The molecule has 0 aliphatic heterocycles. The van der Waals surface area contributed by atoms with Gasteiger partial charge in [0.25, 0.3) is 0 Å². The fourth-order valence-corrected chi connectivity index (χ4v) is 2.14. The normalized spacial score (nSPS) is 13.8. The van der Waals surface area contributed by atoms with Gasteiger partial charge < -0.3 is 10.4 Å². The number of nitrogens with zero attached hydrogens (tertiary/aromatic N) is 2. The maximum Gasteiger partial charge on any atom is 0.244 e. The van der Waals surface area contributed by atoms with Crippen LogP contribution in [0.1, 0.15) is 13.8 Å². The average Bonchev–Trinajstić information content (AvgIpc) is 2.36. The molecule has 1 aromatic rings.